The van der Waals surface area contributed by atoms with E-state index in [9.17, 15) is 0 Å². The van der Waals surface area contributed by atoms with Crippen LogP contribution < -0.4 is 14.8 Å². The maximum absolute atomic E-state index is 5.48. The zero-order chi connectivity index (χ0) is 22.1. The molecule has 31 heavy (non-hydrogen) atoms. The van der Waals surface area contributed by atoms with Gasteiger partial charge in [-0.2, -0.15) is 0 Å². The van der Waals surface area contributed by atoms with Gasteiger partial charge in [-0.1, -0.05) is 23.8 Å². The van der Waals surface area contributed by atoms with Crippen molar-refractivity contribution < 1.29 is 9.47 Å². The summed E-state index contributed by atoms with van der Waals surface area (Å²) in [6, 6.07) is 14.9. The van der Waals surface area contributed by atoms with E-state index in [2.05, 4.69) is 66.4 Å². The summed E-state index contributed by atoms with van der Waals surface area (Å²) in [5.41, 5.74) is 4.69. The van der Waals surface area contributed by atoms with Gasteiger partial charge >= 0.3 is 0 Å². The number of anilines is 1. The van der Waals surface area contributed by atoms with Crippen LogP contribution in [0, 0.1) is 20.8 Å². The number of nitrogens with one attached hydrogen (secondary N) is 1. The molecular formula is C25H27N3O2S. The summed E-state index contributed by atoms with van der Waals surface area (Å²) in [4.78, 5) is 11.8. The zero-order valence-electron chi connectivity index (χ0n) is 18.7. The molecular weight excluding hydrogens is 406 g/mol. The standard InChI is InChI=1S/C25H27N3O2S/c1-14-7-8-18(15(2)11-14)24-10-9-23(31-24)16(3)26-25-19-12-21(29-5)22(30-6)13-20(19)27-17(4)28-25/h7-13,16H,1-6H3,(H,26,27,28)/t16-/m0/s1. The van der Waals surface area contributed by atoms with Gasteiger partial charge in [-0.3, -0.25) is 0 Å². The van der Waals surface area contributed by atoms with Crippen molar-refractivity contribution in [3.63, 3.8) is 0 Å². The Morgan fingerprint density at radius 1 is 0.903 bits per heavy atom. The number of hydrogen-bond donors (Lipinski definition) is 1. The topological polar surface area (TPSA) is 56.3 Å². The Kier molecular flexibility index (Phi) is 5.83. The van der Waals surface area contributed by atoms with E-state index in [1.54, 1.807) is 25.6 Å². The van der Waals surface area contributed by atoms with E-state index in [1.807, 2.05) is 19.1 Å². The fourth-order valence-electron chi connectivity index (χ4n) is 3.78. The van der Waals surface area contributed by atoms with Crippen LogP contribution in [0.15, 0.2) is 42.5 Å². The van der Waals surface area contributed by atoms with E-state index in [4.69, 9.17) is 9.47 Å². The molecule has 4 rings (SSSR count). The summed E-state index contributed by atoms with van der Waals surface area (Å²) in [5.74, 6) is 2.81. The first-order valence-electron chi connectivity index (χ1n) is 10.2. The maximum atomic E-state index is 5.48. The molecule has 0 radical (unpaired) electrons. The molecule has 2 aromatic heterocycles. The second-order valence-corrected chi connectivity index (χ2v) is 8.85. The highest BCUT2D eigenvalue weighted by atomic mass is 32.1. The Labute approximate surface area is 187 Å². The van der Waals surface area contributed by atoms with Crippen molar-refractivity contribution in [1.29, 1.82) is 0 Å². The minimum absolute atomic E-state index is 0.0927. The number of nitrogens with zero attached hydrogens (tertiary/aromatic N) is 2. The van der Waals surface area contributed by atoms with E-state index < -0.39 is 0 Å². The number of thiophene rings is 1. The van der Waals surface area contributed by atoms with Gasteiger partial charge in [0.15, 0.2) is 11.5 Å². The summed E-state index contributed by atoms with van der Waals surface area (Å²) in [5, 5.41) is 4.49. The van der Waals surface area contributed by atoms with Crippen LogP contribution in [-0.4, -0.2) is 24.2 Å². The predicted octanol–water partition coefficient (Wildman–Crippen LogP) is 6.47. The molecule has 6 heteroatoms. The summed E-state index contributed by atoms with van der Waals surface area (Å²) in [6.45, 7) is 8.35. The fourth-order valence-corrected chi connectivity index (χ4v) is 4.88. The molecule has 160 valence electrons. The van der Waals surface area contributed by atoms with Crippen molar-refractivity contribution in [3.05, 3.63) is 64.3 Å². The molecule has 0 aliphatic carbocycles. The van der Waals surface area contributed by atoms with Gasteiger partial charge in [0.2, 0.25) is 0 Å². The van der Waals surface area contributed by atoms with Crippen LogP contribution in [0.3, 0.4) is 0 Å². The third-order valence-electron chi connectivity index (χ3n) is 5.37. The highest BCUT2D eigenvalue weighted by Gasteiger charge is 2.16. The van der Waals surface area contributed by atoms with Gasteiger partial charge in [-0.15, -0.1) is 11.3 Å². The summed E-state index contributed by atoms with van der Waals surface area (Å²) < 4.78 is 10.9. The van der Waals surface area contributed by atoms with Crippen molar-refractivity contribution in [3.8, 4) is 21.9 Å². The maximum Gasteiger partial charge on any atom is 0.162 e. The van der Waals surface area contributed by atoms with Crippen molar-refractivity contribution >= 4 is 28.1 Å². The molecule has 4 aromatic rings. The van der Waals surface area contributed by atoms with Crippen LogP contribution in [0.4, 0.5) is 5.82 Å². The van der Waals surface area contributed by atoms with Crippen LogP contribution in [0.5, 0.6) is 11.5 Å². The number of hydrogen-bond acceptors (Lipinski definition) is 6. The summed E-state index contributed by atoms with van der Waals surface area (Å²) in [6.07, 6.45) is 0. The molecule has 1 N–H and O–H groups in total. The number of benzene rings is 2. The van der Waals surface area contributed by atoms with Crippen LogP contribution in [0.2, 0.25) is 0 Å². The average Bonchev–Trinajstić information content (AvgIpc) is 3.22. The number of fused-ring (bicyclic) bond motifs is 1. The van der Waals surface area contributed by atoms with Crippen molar-refractivity contribution in [2.75, 3.05) is 19.5 Å². The van der Waals surface area contributed by atoms with Gasteiger partial charge in [0.05, 0.1) is 25.8 Å². The SMILES string of the molecule is COc1cc2nc(C)nc(N[C@@H](C)c3ccc(-c4ccc(C)cc4C)s3)c2cc1OC. The fraction of sp³-hybridized carbons (Fsp3) is 0.280. The molecule has 0 saturated carbocycles. The van der Waals surface area contributed by atoms with Crippen LogP contribution in [-0.2, 0) is 0 Å². The number of rotatable bonds is 6. The third-order valence-corrected chi connectivity index (χ3v) is 6.67. The Morgan fingerprint density at radius 2 is 1.65 bits per heavy atom. The van der Waals surface area contributed by atoms with Gasteiger partial charge < -0.3 is 14.8 Å². The molecule has 1 atom stereocenters. The number of aromatic nitrogens is 2. The van der Waals surface area contributed by atoms with E-state index >= 15 is 0 Å². The van der Waals surface area contributed by atoms with E-state index in [0.29, 0.717) is 17.3 Å². The van der Waals surface area contributed by atoms with Crippen LogP contribution >= 0.6 is 11.3 Å². The number of methoxy groups -OCH3 is 2. The molecule has 0 bridgehead atoms. The second-order valence-electron chi connectivity index (χ2n) is 7.73. The highest BCUT2D eigenvalue weighted by Crippen LogP contribution is 2.37. The van der Waals surface area contributed by atoms with Gasteiger partial charge in [0, 0.05) is 21.2 Å². The smallest absolute Gasteiger partial charge is 0.162 e. The lowest BCUT2D eigenvalue weighted by atomic mass is 10.0. The Bertz CT molecular complexity index is 1250. The Morgan fingerprint density at radius 3 is 2.35 bits per heavy atom. The summed E-state index contributed by atoms with van der Waals surface area (Å²) in [7, 11) is 3.26. The first kappa shape index (κ1) is 21.1. The zero-order valence-corrected chi connectivity index (χ0v) is 19.6. The van der Waals surface area contributed by atoms with Crippen LogP contribution in [0.25, 0.3) is 21.3 Å². The lowest BCUT2D eigenvalue weighted by molar-refractivity contribution is 0.356. The molecule has 0 unspecified atom stereocenters. The largest absolute Gasteiger partial charge is 0.493 e. The molecule has 0 spiro atoms. The van der Waals surface area contributed by atoms with Crippen molar-refractivity contribution in [1.82, 2.24) is 9.97 Å². The molecule has 0 fully saturated rings. The van der Waals surface area contributed by atoms with Crippen molar-refractivity contribution in [2.24, 2.45) is 0 Å². The molecule has 2 heterocycles. The molecule has 0 saturated heterocycles. The second kappa shape index (κ2) is 8.55. The first-order valence-corrected chi connectivity index (χ1v) is 11.1. The highest BCUT2D eigenvalue weighted by molar-refractivity contribution is 7.15. The minimum atomic E-state index is 0.0927. The van der Waals surface area contributed by atoms with E-state index in [0.717, 1.165) is 16.7 Å². The third kappa shape index (κ3) is 4.21. The Balaban J connectivity index is 1.67. The van der Waals surface area contributed by atoms with Crippen LogP contribution in [0.1, 0.15) is 34.8 Å². The molecule has 0 aliphatic rings. The number of ether oxygens (including phenoxy) is 2. The van der Waals surface area contributed by atoms with Gasteiger partial charge in [-0.05, 0) is 57.0 Å². The first-order chi connectivity index (χ1) is 14.9. The van der Waals surface area contributed by atoms with E-state index in [1.165, 1.54) is 26.4 Å². The monoisotopic (exact) mass is 433 g/mol. The Hall–Kier alpha value is -3.12. The quantitative estimate of drug-likeness (QED) is 0.377. The van der Waals surface area contributed by atoms with Gasteiger partial charge in [0.1, 0.15) is 11.6 Å². The normalized spacial score (nSPS) is 12.1. The average molecular weight is 434 g/mol. The predicted molar refractivity (Wildman–Crippen MR) is 129 cm³/mol. The molecule has 2 aromatic carbocycles. The van der Waals surface area contributed by atoms with Gasteiger partial charge in [0.25, 0.3) is 0 Å². The van der Waals surface area contributed by atoms with E-state index in [-0.39, 0.29) is 6.04 Å². The lowest BCUT2D eigenvalue weighted by Crippen LogP contribution is -2.08. The minimum Gasteiger partial charge on any atom is -0.493 e. The summed E-state index contributed by atoms with van der Waals surface area (Å²) >= 11 is 1.81. The van der Waals surface area contributed by atoms with Gasteiger partial charge in [-0.25, -0.2) is 9.97 Å². The molecule has 0 amide bonds. The lowest BCUT2D eigenvalue weighted by Gasteiger charge is -2.16. The molecule has 5 nitrogen and oxygen atoms in total. The molecule has 0 aliphatic heterocycles. The van der Waals surface area contributed by atoms with Crippen molar-refractivity contribution in [2.45, 2.75) is 33.7 Å². The number of aryl methyl sites for hydroxylation is 3.